The molecule has 3 rings (SSSR count). The summed E-state index contributed by atoms with van der Waals surface area (Å²) in [5.41, 5.74) is 2.61. The second-order valence-corrected chi connectivity index (χ2v) is 11.5. The molecule has 8 unspecified atom stereocenters. The Hall–Kier alpha value is -0.260. The number of hydrogen-bond donors (Lipinski definition) is 0. The standard InChI is InChI=1S/C26H46/c1-9-22-23-11-10-21(16-17(2)3)26(23,8)15-13-24(22)25(7)14-12-18(4)19(5)20(25)6/h17-19,21-24H,6,9-16H2,1-5,7-8H3. The summed E-state index contributed by atoms with van der Waals surface area (Å²) in [4.78, 5) is 0. The summed E-state index contributed by atoms with van der Waals surface area (Å²) < 4.78 is 0. The minimum Gasteiger partial charge on any atom is -0.0990 e. The van der Waals surface area contributed by atoms with Crippen LogP contribution in [0.4, 0.5) is 0 Å². The first-order valence-electron chi connectivity index (χ1n) is 11.8. The molecule has 0 aromatic heterocycles. The van der Waals surface area contributed by atoms with Gasteiger partial charge in [-0.3, -0.25) is 0 Å². The Bertz CT molecular complexity index is 516. The van der Waals surface area contributed by atoms with Gasteiger partial charge in [0.1, 0.15) is 0 Å². The van der Waals surface area contributed by atoms with E-state index in [9.17, 15) is 0 Å². The smallest absolute Gasteiger partial charge is 0.00852 e. The first kappa shape index (κ1) is 20.5. The lowest BCUT2D eigenvalue weighted by Crippen LogP contribution is -2.49. The van der Waals surface area contributed by atoms with Gasteiger partial charge in [0.2, 0.25) is 0 Å². The van der Waals surface area contributed by atoms with Gasteiger partial charge in [-0.1, -0.05) is 67.0 Å². The lowest BCUT2D eigenvalue weighted by molar-refractivity contribution is -0.0452. The third-order valence-corrected chi connectivity index (χ3v) is 9.93. The highest BCUT2D eigenvalue weighted by Gasteiger charge is 2.57. The molecular weight excluding hydrogens is 312 g/mol. The van der Waals surface area contributed by atoms with Crippen molar-refractivity contribution in [2.45, 2.75) is 99.8 Å². The van der Waals surface area contributed by atoms with E-state index in [1.807, 2.05) is 0 Å². The van der Waals surface area contributed by atoms with Crippen LogP contribution < -0.4 is 0 Å². The molecule has 26 heavy (non-hydrogen) atoms. The van der Waals surface area contributed by atoms with Crippen LogP contribution in [-0.2, 0) is 0 Å². The average molecular weight is 359 g/mol. The van der Waals surface area contributed by atoms with Crippen molar-refractivity contribution in [2.24, 2.45) is 52.3 Å². The van der Waals surface area contributed by atoms with E-state index in [-0.39, 0.29) is 0 Å². The monoisotopic (exact) mass is 358 g/mol. The quantitative estimate of drug-likeness (QED) is 0.445. The first-order valence-corrected chi connectivity index (χ1v) is 11.8. The van der Waals surface area contributed by atoms with Crippen molar-refractivity contribution in [1.82, 2.24) is 0 Å². The zero-order chi connectivity index (χ0) is 19.3. The number of hydrogen-bond acceptors (Lipinski definition) is 0. The molecule has 0 spiro atoms. The van der Waals surface area contributed by atoms with E-state index >= 15 is 0 Å². The van der Waals surface area contributed by atoms with E-state index in [1.165, 1.54) is 51.4 Å². The molecule has 0 heteroatoms. The van der Waals surface area contributed by atoms with Gasteiger partial charge in [-0.15, -0.1) is 0 Å². The second kappa shape index (κ2) is 7.29. The summed E-state index contributed by atoms with van der Waals surface area (Å²) in [6.07, 6.45) is 11.5. The minimum atomic E-state index is 0.393. The van der Waals surface area contributed by atoms with E-state index in [4.69, 9.17) is 6.58 Å². The number of fused-ring (bicyclic) bond motifs is 1. The maximum atomic E-state index is 4.70. The van der Waals surface area contributed by atoms with Crippen molar-refractivity contribution in [1.29, 1.82) is 0 Å². The largest absolute Gasteiger partial charge is 0.0990 e. The Morgan fingerprint density at radius 2 is 1.69 bits per heavy atom. The summed E-state index contributed by atoms with van der Waals surface area (Å²) in [7, 11) is 0. The Labute approximate surface area is 164 Å². The van der Waals surface area contributed by atoms with E-state index in [0.29, 0.717) is 16.7 Å². The molecule has 0 heterocycles. The lowest BCUT2D eigenvalue weighted by atomic mass is 9.48. The van der Waals surface area contributed by atoms with Gasteiger partial charge in [0.05, 0.1) is 0 Å². The Balaban J connectivity index is 1.85. The molecule has 0 radical (unpaired) electrons. The summed E-state index contributed by atoms with van der Waals surface area (Å²) in [5, 5.41) is 0. The third kappa shape index (κ3) is 3.12. The van der Waals surface area contributed by atoms with Crippen LogP contribution in [0.2, 0.25) is 0 Å². The van der Waals surface area contributed by atoms with E-state index < -0.39 is 0 Å². The van der Waals surface area contributed by atoms with Crippen molar-refractivity contribution < 1.29 is 0 Å². The molecule has 3 aliphatic rings. The molecule has 0 saturated heterocycles. The molecule has 3 aliphatic carbocycles. The first-order chi connectivity index (χ1) is 12.1. The molecule has 0 N–H and O–H groups in total. The van der Waals surface area contributed by atoms with Crippen LogP contribution in [0.1, 0.15) is 99.8 Å². The van der Waals surface area contributed by atoms with Crippen LogP contribution >= 0.6 is 0 Å². The zero-order valence-electron chi connectivity index (χ0n) is 18.9. The molecule has 0 aromatic carbocycles. The van der Waals surface area contributed by atoms with Gasteiger partial charge in [-0.2, -0.15) is 0 Å². The summed E-state index contributed by atoms with van der Waals surface area (Å²) in [6, 6.07) is 0. The molecule has 0 bridgehead atoms. The van der Waals surface area contributed by atoms with Gasteiger partial charge in [0.15, 0.2) is 0 Å². The van der Waals surface area contributed by atoms with Crippen molar-refractivity contribution >= 4 is 0 Å². The van der Waals surface area contributed by atoms with Crippen LogP contribution in [0.15, 0.2) is 12.2 Å². The normalized spacial score (nSPS) is 49.5. The van der Waals surface area contributed by atoms with Crippen molar-refractivity contribution in [3.05, 3.63) is 12.2 Å². The summed E-state index contributed by atoms with van der Waals surface area (Å²) in [5.74, 6) is 6.13. The SMILES string of the molecule is C=C1C(C)C(C)CCC1(C)C1CCC2(C)C(CC(C)C)CCC2C1CC. The van der Waals surface area contributed by atoms with Crippen LogP contribution in [0, 0.1) is 52.3 Å². The molecule has 0 aliphatic heterocycles. The summed E-state index contributed by atoms with van der Waals surface area (Å²) >= 11 is 0. The van der Waals surface area contributed by atoms with E-state index in [0.717, 1.165) is 35.5 Å². The highest BCUT2D eigenvalue weighted by atomic mass is 14.6. The van der Waals surface area contributed by atoms with E-state index in [2.05, 4.69) is 48.5 Å². The molecule has 150 valence electrons. The Morgan fingerprint density at radius 3 is 2.31 bits per heavy atom. The molecule has 3 saturated carbocycles. The Kier molecular flexibility index (Phi) is 5.74. The van der Waals surface area contributed by atoms with Gasteiger partial charge >= 0.3 is 0 Å². The Morgan fingerprint density at radius 1 is 1.00 bits per heavy atom. The van der Waals surface area contributed by atoms with Crippen molar-refractivity contribution in [3.63, 3.8) is 0 Å². The maximum absolute atomic E-state index is 4.70. The van der Waals surface area contributed by atoms with Crippen molar-refractivity contribution in [3.8, 4) is 0 Å². The fourth-order valence-electron chi connectivity index (χ4n) is 7.94. The van der Waals surface area contributed by atoms with Crippen LogP contribution in [0.3, 0.4) is 0 Å². The minimum absolute atomic E-state index is 0.393. The second-order valence-electron chi connectivity index (χ2n) is 11.5. The lowest BCUT2D eigenvalue weighted by Gasteiger charge is -2.57. The molecule has 3 fully saturated rings. The number of allylic oxidation sites excluding steroid dienone is 1. The van der Waals surface area contributed by atoms with Gasteiger partial charge < -0.3 is 0 Å². The number of rotatable bonds is 4. The van der Waals surface area contributed by atoms with Gasteiger partial charge in [0, 0.05) is 0 Å². The van der Waals surface area contributed by atoms with Crippen LogP contribution in [0.25, 0.3) is 0 Å². The average Bonchev–Trinajstić information content (AvgIpc) is 2.92. The third-order valence-electron chi connectivity index (χ3n) is 9.93. The topological polar surface area (TPSA) is 0 Å². The van der Waals surface area contributed by atoms with Crippen molar-refractivity contribution in [2.75, 3.05) is 0 Å². The van der Waals surface area contributed by atoms with Crippen LogP contribution in [-0.4, -0.2) is 0 Å². The van der Waals surface area contributed by atoms with Gasteiger partial charge in [0.25, 0.3) is 0 Å². The molecule has 0 nitrogen and oxygen atoms in total. The van der Waals surface area contributed by atoms with Gasteiger partial charge in [-0.05, 0) is 97.2 Å². The maximum Gasteiger partial charge on any atom is -0.00852 e. The molecule has 0 amide bonds. The van der Waals surface area contributed by atoms with Gasteiger partial charge in [-0.25, -0.2) is 0 Å². The highest BCUT2D eigenvalue weighted by molar-refractivity contribution is 5.20. The fraction of sp³-hybridized carbons (Fsp3) is 0.923. The predicted octanol–water partition coefficient (Wildman–Crippen LogP) is 8.13. The highest BCUT2D eigenvalue weighted by Crippen LogP contribution is 2.65. The fourth-order valence-corrected chi connectivity index (χ4v) is 7.94. The zero-order valence-corrected chi connectivity index (χ0v) is 18.9. The van der Waals surface area contributed by atoms with Crippen LogP contribution in [0.5, 0.6) is 0 Å². The molecule has 8 atom stereocenters. The molecular formula is C26H46. The summed E-state index contributed by atoms with van der Waals surface area (Å²) in [6.45, 7) is 22.2. The van der Waals surface area contributed by atoms with E-state index in [1.54, 1.807) is 5.57 Å². The predicted molar refractivity (Wildman–Crippen MR) is 115 cm³/mol. The molecule has 0 aromatic rings.